The van der Waals surface area contributed by atoms with E-state index in [4.69, 9.17) is 4.99 Å². The van der Waals surface area contributed by atoms with Crippen LogP contribution >= 0.6 is 0 Å². The molecule has 4 aliphatic rings. The SMILES string of the molecule is CN1CCN(C(=O)NCc2ccc(/C=C/S(=O)(=O)N3CCC4(CC3)N=C(C3CCCCC3)NC4=O)cc2)CC1. The molecule has 212 valence electrons. The quantitative estimate of drug-likeness (QED) is 0.559. The first kappa shape index (κ1) is 27.8. The molecular formula is C28H40N6O4S. The maximum Gasteiger partial charge on any atom is 0.317 e. The number of hydrogen-bond acceptors (Lipinski definition) is 6. The van der Waals surface area contributed by atoms with Gasteiger partial charge in [-0.25, -0.2) is 13.2 Å². The summed E-state index contributed by atoms with van der Waals surface area (Å²) in [6, 6.07) is 7.41. The number of nitrogens with zero attached hydrogens (tertiary/aromatic N) is 4. The van der Waals surface area contributed by atoms with Gasteiger partial charge in [0.15, 0.2) is 0 Å². The van der Waals surface area contributed by atoms with Crippen LogP contribution in [0.1, 0.15) is 56.1 Å². The van der Waals surface area contributed by atoms with E-state index in [9.17, 15) is 18.0 Å². The third kappa shape index (κ3) is 6.53. The van der Waals surface area contributed by atoms with Gasteiger partial charge in [0.2, 0.25) is 10.0 Å². The third-order valence-corrected chi connectivity index (χ3v) is 10.1. The monoisotopic (exact) mass is 556 g/mol. The molecule has 10 nitrogen and oxygen atoms in total. The highest BCUT2D eigenvalue weighted by Crippen LogP contribution is 2.35. The largest absolute Gasteiger partial charge is 0.334 e. The Morgan fingerprint density at radius 1 is 1.05 bits per heavy atom. The zero-order chi connectivity index (χ0) is 27.5. The van der Waals surface area contributed by atoms with Crippen LogP contribution in [-0.4, -0.2) is 92.2 Å². The van der Waals surface area contributed by atoms with E-state index >= 15 is 0 Å². The summed E-state index contributed by atoms with van der Waals surface area (Å²) in [6.07, 6.45) is 8.09. The van der Waals surface area contributed by atoms with E-state index < -0.39 is 15.6 Å². The lowest BCUT2D eigenvalue weighted by Crippen LogP contribution is -2.50. The van der Waals surface area contributed by atoms with Crippen molar-refractivity contribution in [1.82, 2.24) is 24.7 Å². The van der Waals surface area contributed by atoms with E-state index in [1.54, 1.807) is 6.08 Å². The van der Waals surface area contributed by atoms with Crippen LogP contribution in [0.25, 0.3) is 6.08 Å². The molecular weight excluding hydrogens is 516 g/mol. The molecule has 1 aromatic rings. The predicted octanol–water partition coefficient (Wildman–Crippen LogP) is 2.39. The fourth-order valence-corrected chi connectivity index (χ4v) is 7.05. The van der Waals surface area contributed by atoms with Gasteiger partial charge >= 0.3 is 6.03 Å². The Morgan fingerprint density at radius 3 is 2.38 bits per heavy atom. The zero-order valence-corrected chi connectivity index (χ0v) is 23.6. The Balaban J connectivity index is 1.12. The van der Waals surface area contributed by atoms with E-state index in [1.807, 2.05) is 29.2 Å². The Bertz CT molecular complexity index is 1210. The number of carbonyl (C=O) groups excluding carboxylic acids is 2. The van der Waals surface area contributed by atoms with Crippen LogP contribution in [0.5, 0.6) is 0 Å². The Kier molecular flexibility index (Phi) is 8.39. The molecule has 1 aromatic carbocycles. The Morgan fingerprint density at radius 2 is 1.72 bits per heavy atom. The number of benzene rings is 1. The van der Waals surface area contributed by atoms with Crippen molar-refractivity contribution in [1.29, 1.82) is 0 Å². The summed E-state index contributed by atoms with van der Waals surface area (Å²) >= 11 is 0. The highest BCUT2D eigenvalue weighted by molar-refractivity contribution is 7.92. The molecule has 0 radical (unpaired) electrons. The number of rotatable bonds is 6. The van der Waals surface area contributed by atoms with Gasteiger partial charge in [0.25, 0.3) is 5.91 Å². The van der Waals surface area contributed by atoms with Gasteiger partial charge in [0.05, 0.1) is 0 Å². The number of amidine groups is 1. The molecule has 0 atom stereocenters. The first-order valence-corrected chi connectivity index (χ1v) is 15.6. The molecule has 3 fully saturated rings. The molecule has 1 aliphatic carbocycles. The minimum absolute atomic E-state index is 0.0625. The van der Waals surface area contributed by atoms with Crippen molar-refractivity contribution in [3.63, 3.8) is 0 Å². The van der Waals surface area contributed by atoms with E-state index in [2.05, 4.69) is 22.6 Å². The topological polar surface area (TPSA) is 114 Å². The minimum atomic E-state index is -3.62. The maximum atomic E-state index is 13.0. The lowest BCUT2D eigenvalue weighted by Gasteiger charge is -2.34. The highest BCUT2D eigenvalue weighted by Gasteiger charge is 2.48. The van der Waals surface area contributed by atoms with Gasteiger partial charge in [-0.2, -0.15) is 4.31 Å². The molecule has 1 saturated carbocycles. The van der Waals surface area contributed by atoms with Crippen molar-refractivity contribution in [2.24, 2.45) is 10.9 Å². The lowest BCUT2D eigenvalue weighted by molar-refractivity contribution is -0.125. The molecule has 2 saturated heterocycles. The third-order valence-electron chi connectivity index (χ3n) is 8.55. The van der Waals surface area contributed by atoms with Crippen molar-refractivity contribution < 1.29 is 18.0 Å². The second-order valence-corrected chi connectivity index (χ2v) is 13.1. The molecule has 3 aliphatic heterocycles. The van der Waals surface area contributed by atoms with Crippen LogP contribution in [0.4, 0.5) is 4.79 Å². The molecule has 2 N–H and O–H groups in total. The van der Waals surface area contributed by atoms with Crippen LogP contribution in [0.2, 0.25) is 0 Å². The van der Waals surface area contributed by atoms with Crippen molar-refractivity contribution in [2.75, 3.05) is 46.3 Å². The second kappa shape index (κ2) is 11.8. The van der Waals surface area contributed by atoms with Crippen LogP contribution in [0, 0.1) is 5.92 Å². The molecule has 1 spiro atoms. The van der Waals surface area contributed by atoms with E-state index in [1.165, 1.54) is 29.0 Å². The maximum absolute atomic E-state index is 13.0. The number of piperazine rings is 1. The number of amides is 3. The number of nitrogens with one attached hydrogen (secondary N) is 2. The van der Waals surface area contributed by atoms with Gasteiger partial charge in [-0.1, -0.05) is 43.5 Å². The average Bonchev–Trinajstić information content (AvgIpc) is 3.27. The number of aliphatic imine (C=N–C) groups is 1. The van der Waals surface area contributed by atoms with E-state index in [0.717, 1.165) is 56.0 Å². The molecule has 3 heterocycles. The number of likely N-dealkylation sites (N-methyl/N-ethyl adjacent to an activating group) is 1. The highest BCUT2D eigenvalue weighted by atomic mass is 32.2. The van der Waals surface area contributed by atoms with Gasteiger partial charge in [-0.3, -0.25) is 9.79 Å². The number of carbonyl (C=O) groups is 2. The summed E-state index contributed by atoms with van der Waals surface area (Å²) in [4.78, 5) is 34.1. The number of piperidine rings is 1. The average molecular weight is 557 g/mol. The van der Waals surface area contributed by atoms with Crippen LogP contribution < -0.4 is 10.6 Å². The van der Waals surface area contributed by atoms with E-state index in [0.29, 0.717) is 25.3 Å². The lowest BCUT2D eigenvalue weighted by atomic mass is 9.88. The van der Waals surface area contributed by atoms with Crippen molar-refractivity contribution >= 4 is 33.9 Å². The van der Waals surface area contributed by atoms with Gasteiger partial charge in [0.1, 0.15) is 11.4 Å². The first-order chi connectivity index (χ1) is 18.7. The standard InChI is InChI=1S/C28H40N6O4S/c1-32-16-18-33(19-17-32)27(36)29-21-23-9-7-22(8-10-23)11-20-39(37,38)34-14-12-28(13-15-34)26(35)30-25(31-28)24-5-3-2-4-6-24/h7-11,20,24H,2-6,12-19,21H2,1H3,(H,29,36)(H,30,31,35)/b20-11+. The molecule has 3 amide bonds. The summed E-state index contributed by atoms with van der Waals surface area (Å²) in [5.41, 5.74) is 0.887. The van der Waals surface area contributed by atoms with E-state index in [-0.39, 0.29) is 25.0 Å². The van der Waals surface area contributed by atoms with Gasteiger partial charge in [-0.05, 0) is 49.9 Å². The fourth-order valence-electron chi connectivity index (χ4n) is 5.86. The summed E-state index contributed by atoms with van der Waals surface area (Å²) in [5.74, 6) is 1.07. The number of urea groups is 1. The number of sulfonamides is 1. The molecule has 0 aromatic heterocycles. The Labute approximate surface area is 231 Å². The Hall–Kier alpha value is -2.76. The molecule has 5 rings (SSSR count). The molecule has 39 heavy (non-hydrogen) atoms. The van der Waals surface area contributed by atoms with Gasteiger partial charge in [0, 0.05) is 57.1 Å². The van der Waals surface area contributed by atoms with Crippen molar-refractivity contribution in [3.8, 4) is 0 Å². The minimum Gasteiger partial charge on any atom is -0.334 e. The van der Waals surface area contributed by atoms with Crippen LogP contribution in [-0.2, 0) is 21.4 Å². The molecule has 0 bridgehead atoms. The second-order valence-electron chi connectivity index (χ2n) is 11.3. The summed E-state index contributed by atoms with van der Waals surface area (Å²) in [5, 5.41) is 7.22. The summed E-state index contributed by atoms with van der Waals surface area (Å²) in [6.45, 7) is 4.16. The van der Waals surface area contributed by atoms with Crippen LogP contribution in [0.15, 0.2) is 34.7 Å². The predicted molar refractivity (Wildman–Crippen MR) is 151 cm³/mol. The van der Waals surface area contributed by atoms with Crippen molar-refractivity contribution in [3.05, 3.63) is 40.8 Å². The van der Waals surface area contributed by atoms with Crippen LogP contribution in [0.3, 0.4) is 0 Å². The number of hydrogen-bond donors (Lipinski definition) is 2. The summed E-state index contributed by atoms with van der Waals surface area (Å²) in [7, 11) is -1.57. The fraction of sp³-hybridized carbons (Fsp3) is 0.607. The normalized spacial score (nSPS) is 23.3. The van der Waals surface area contributed by atoms with Crippen molar-refractivity contribution in [2.45, 2.75) is 57.0 Å². The first-order valence-electron chi connectivity index (χ1n) is 14.1. The molecule has 11 heteroatoms. The summed E-state index contributed by atoms with van der Waals surface area (Å²) < 4.78 is 27.5. The smallest absolute Gasteiger partial charge is 0.317 e. The molecule has 0 unspecified atom stereocenters. The van der Waals surface area contributed by atoms with Gasteiger partial charge < -0.3 is 20.4 Å². The zero-order valence-electron chi connectivity index (χ0n) is 22.8. The van der Waals surface area contributed by atoms with Gasteiger partial charge in [-0.15, -0.1) is 0 Å².